The first-order valence-electron chi connectivity index (χ1n) is 11.8. The number of hydrogen-bond donors (Lipinski definition) is 2. The van der Waals surface area contributed by atoms with E-state index in [1.807, 2.05) is 12.1 Å². The Hall–Kier alpha value is -2.76. The van der Waals surface area contributed by atoms with E-state index in [9.17, 15) is 19.4 Å². The minimum Gasteiger partial charge on any atom is -0.478 e. The van der Waals surface area contributed by atoms with Gasteiger partial charge in [0.15, 0.2) is 0 Å². The molecule has 0 aromatic heterocycles. The van der Waals surface area contributed by atoms with Gasteiger partial charge in [-0.15, -0.1) is 0 Å². The van der Waals surface area contributed by atoms with Crippen molar-refractivity contribution in [3.05, 3.63) is 88.0 Å². The molecular formula is C28H32FNO3. The second kappa shape index (κ2) is 10.9. The van der Waals surface area contributed by atoms with Crippen LogP contribution in [0.25, 0.3) is 5.57 Å². The number of aliphatic hydroxyl groups is 1. The van der Waals surface area contributed by atoms with Gasteiger partial charge >= 0.3 is 5.97 Å². The lowest BCUT2D eigenvalue weighted by Gasteiger charge is -2.39. The van der Waals surface area contributed by atoms with Crippen LogP contribution in [-0.4, -0.2) is 54.0 Å². The Labute approximate surface area is 195 Å². The van der Waals surface area contributed by atoms with Crippen LogP contribution in [0, 0.1) is 5.92 Å². The van der Waals surface area contributed by atoms with Crippen LogP contribution in [0.15, 0.2) is 60.2 Å². The summed E-state index contributed by atoms with van der Waals surface area (Å²) < 4.78 is 12.3. The highest BCUT2D eigenvalue weighted by Gasteiger charge is 2.26. The molecule has 1 fully saturated rings. The third-order valence-corrected chi connectivity index (χ3v) is 6.67. The van der Waals surface area contributed by atoms with Gasteiger partial charge in [0.25, 0.3) is 0 Å². The van der Waals surface area contributed by atoms with Gasteiger partial charge in [0, 0.05) is 19.6 Å². The highest BCUT2D eigenvalue weighted by Crippen LogP contribution is 2.36. The molecule has 2 aliphatic rings. The lowest BCUT2D eigenvalue weighted by molar-refractivity contribution is 0.0696. The van der Waals surface area contributed by atoms with Gasteiger partial charge in [-0.05, 0) is 83.6 Å². The normalized spacial score (nSPS) is 17.2. The number of allylic oxidation sites excluding steroid dienone is 2. The van der Waals surface area contributed by atoms with Crippen molar-refractivity contribution in [3.8, 4) is 0 Å². The standard InChI is InChI=1S/C28H32FNO3/c29-13-3-14-30-18-21(19-30)16-20-7-9-23(10-8-20)27-22(6-2-15-31)4-1-5-24-17-25(28(32)33)11-12-26(24)27/h2,6-12,17,21,31H,1,3-5,13-16,18-19H2,(H,32,33)/b6-2+. The fourth-order valence-electron chi connectivity index (χ4n) is 5.06. The first-order valence-corrected chi connectivity index (χ1v) is 11.8. The molecule has 2 aromatic carbocycles. The van der Waals surface area contributed by atoms with Crippen LogP contribution in [0.3, 0.4) is 0 Å². The van der Waals surface area contributed by atoms with Crippen molar-refractivity contribution < 1.29 is 19.4 Å². The lowest BCUT2D eigenvalue weighted by Crippen LogP contribution is -2.47. The summed E-state index contributed by atoms with van der Waals surface area (Å²) >= 11 is 0. The van der Waals surface area contributed by atoms with E-state index in [0.717, 1.165) is 67.6 Å². The fraction of sp³-hybridized carbons (Fsp3) is 0.393. The number of aliphatic hydroxyl groups excluding tert-OH is 1. The van der Waals surface area contributed by atoms with Crippen molar-refractivity contribution in [3.63, 3.8) is 0 Å². The molecule has 4 rings (SSSR count). The molecule has 0 amide bonds. The molecule has 0 radical (unpaired) electrons. The minimum absolute atomic E-state index is 0.00966. The molecule has 0 atom stereocenters. The SMILES string of the molecule is O=C(O)c1ccc2c(c1)CCCC(/C=C/CO)=C2c1ccc(CC2CN(CCCF)C2)cc1. The summed E-state index contributed by atoms with van der Waals surface area (Å²) in [5.41, 5.74) is 7.16. The highest BCUT2D eigenvalue weighted by molar-refractivity contribution is 5.91. The molecular weight excluding hydrogens is 417 g/mol. The van der Waals surface area contributed by atoms with E-state index in [-0.39, 0.29) is 13.3 Å². The van der Waals surface area contributed by atoms with Crippen LogP contribution in [0.5, 0.6) is 0 Å². The molecule has 33 heavy (non-hydrogen) atoms. The maximum absolute atomic E-state index is 12.3. The van der Waals surface area contributed by atoms with Gasteiger partial charge in [0.2, 0.25) is 0 Å². The first kappa shape index (κ1) is 23.4. The number of aromatic carboxylic acids is 1. The number of hydrogen-bond acceptors (Lipinski definition) is 3. The van der Waals surface area contributed by atoms with Gasteiger partial charge in [-0.3, -0.25) is 4.39 Å². The third-order valence-electron chi connectivity index (χ3n) is 6.67. The topological polar surface area (TPSA) is 60.8 Å². The van der Waals surface area contributed by atoms with Gasteiger partial charge in [0.1, 0.15) is 0 Å². The summed E-state index contributed by atoms with van der Waals surface area (Å²) in [5.74, 6) is -0.276. The van der Waals surface area contributed by atoms with Crippen LogP contribution in [0.4, 0.5) is 4.39 Å². The lowest BCUT2D eigenvalue weighted by atomic mass is 9.87. The van der Waals surface area contributed by atoms with Crippen LogP contribution >= 0.6 is 0 Å². The summed E-state index contributed by atoms with van der Waals surface area (Å²) in [4.78, 5) is 13.8. The number of carboxylic acid groups (broad SMARTS) is 1. The van der Waals surface area contributed by atoms with Gasteiger partial charge in [-0.2, -0.15) is 0 Å². The van der Waals surface area contributed by atoms with Crippen molar-refractivity contribution in [2.75, 3.05) is 32.9 Å². The summed E-state index contributed by atoms with van der Waals surface area (Å²) in [5, 5.41) is 18.8. The van der Waals surface area contributed by atoms with E-state index in [4.69, 9.17) is 0 Å². The number of carboxylic acids is 1. The number of rotatable bonds is 9. The maximum atomic E-state index is 12.3. The molecule has 174 valence electrons. The van der Waals surface area contributed by atoms with Crippen molar-refractivity contribution in [1.82, 2.24) is 4.90 Å². The van der Waals surface area contributed by atoms with Crippen molar-refractivity contribution in [2.24, 2.45) is 5.92 Å². The van der Waals surface area contributed by atoms with Gasteiger partial charge in [-0.25, -0.2) is 4.79 Å². The molecule has 0 bridgehead atoms. The summed E-state index contributed by atoms with van der Waals surface area (Å²) in [6.07, 6.45) is 8.07. The molecule has 4 nitrogen and oxygen atoms in total. The Balaban J connectivity index is 1.59. The summed E-state index contributed by atoms with van der Waals surface area (Å²) in [6.45, 7) is 2.69. The Morgan fingerprint density at radius 3 is 2.61 bits per heavy atom. The molecule has 1 saturated heterocycles. The van der Waals surface area contributed by atoms with Crippen LogP contribution in [0.2, 0.25) is 0 Å². The maximum Gasteiger partial charge on any atom is 0.335 e. The van der Waals surface area contributed by atoms with E-state index in [1.54, 1.807) is 18.2 Å². The quantitative estimate of drug-likeness (QED) is 0.571. The number of halogens is 1. The number of likely N-dealkylation sites (tertiary alicyclic amines) is 1. The molecule has 0 spiro atoms. The number of aryl methyl sites for hydroxylation is 1. The molecule has 2 N–H and O–H groups in total. The van der Waals surface area contributed by atoms with E-state index in [1.165, 1.54) is 11.1 Å². The molecule has 1 aliphatic carbocycles. The van der Waals surface area contributed by atoms with Crippen LogP contribution in [0.1, 0.15) is 51.9 Å². The van der Waals surface area contributed by atoms with Crippen LogP contribution < -0.4 is 0 Å². The number of benzene rings is 2. The molecule has 1 heterocycles. The predicted molar refractivity (Wildman–Crippen MR) is 129 cm³/mol. The van der Waals surface area contributed by atoms with Gasteiger partial charge < -0.3 is 15.1 Å². The minimum atomic E-state index is -0.906. The average Bonchev–Trinajstić information content (AvgIpc) is 2.98. The second-order valence-corrected chi connectivity index (χ2v) is 9.08. The Morgan fingerprint density at radius 1 is 1.12 bits per heavy atom. The molecule has 1 aliphatic heterocycles. The smallest absolute Gasteiger partial charge is 0.335 e. The molecule has 2 aromatic rings. The highest BCUT2D eigenvalue weighted by atomic mass is 19.1. The van der Waals surface area contributed by atoms with Gasteiger partial charge in [0.05, 0.1) is 18.8 Å². The van der Waals surface area contributed by atoms with E-state index >= 15 is 0 Å². The van der Waals surface area contributed by atoms with Crippen molar-refractivity contribution in [1.29, 1.82) is 0 Å². The Kier molecular flexibility index (Phi) is 7.73. The van der Waals surface area contributed by atoms with Crippen molar-refractivity contribution in [2.45, 2.75) is 32.1 Å². The monoisotopic (exact) mass is 449 g/mol. The summed E-state index contributed by atoms with van der Waals surface area (Å²) in [6, 6.07) is 14.1. The second-order valence-electron chi connectivity index (χ2n) is 9.08. The summed E-state index contributed by atoms with van der Waals surface area (Å²) in [7, 11) is 0. The number of carbonyl (C=O) groups is 1. The number of alkyl halides is 1. The Bertz CT molecular complexity index is 1040. The zero-order valence-electron chi connectivity index (χ0n) is 19.0. The molecule has 0 saturated carbocycles. The van der Waals surface area contributed by atoms with Gasteiger partial charge in [-0.1, -0.05) is 42.5 Å². The van der Waals surface area contributed by atoms with Crippen LogP contribution in [-0.2, 0) is 12.8 Å². The largest absolute Gasteiger partial charge is 0.478 e. The predicted octanol–water partition coefficient (Wildman–Crippen LogP) is 4.91. The third kappa shape index (κ3) is 5.60. The Morgan fingerprint density at radius 2 is 1.91 bits per heavy atom. The van der Waals surface area contributed by atoms with Crippen molar-refractivity contribution >= 4 is 11.5 Å². The zero-order valence-corrected chi connectivity index (χ0v) is 19.0. The average molecular weight is 450 g/mol. The number of nitrogens with zero attached hydrogens (tertiary/aromatic N) is 1. The number of fused-ring (bicyclic) bond motifs is 1. The zero-order chi connectivity index (χ0) is 23.2. The fourth-order valence-corrected chi connectivity index (χ4v) is 5.06. The van der Waals surface area contributed by atoms with E-state index < -0.39 is 5.97 Å². The molecule has 0 unspecified atom stereocenters. The first-order chi connectivity index (χ1) is 16.1. The van der Waals surface area contributed by atoms with E-state index in [2.05, 4.69) is 29.2 Å². The van der Waals surface area contributed by atoms with E-state index in [0.29, 0.717) is 17.9 Å². The molecule has 5 heteroatoms.